The first-order chi connectivity index (χ1) is 10.4. The Bertz CT molecular complexity index is 748. The quantitative estimate of drug-likeness (QED) is 0.877. The van der Waals surface area contributed by atoms with Gasteiger partial charge in [0.15, 0.2) is 22.2 Å². The fourth-order valence-corrected chi connectivity index (χ4v) is 3.45. The van der Waals surface area contributed by atoms with Gasteiger partial charge in [-0.2, -0.15) is 0 Å². The molecule has 1 aromatic heterocycles. The molecule has 2 rings (SSSR count). The maximum atomic E-state index is 12.4. The predicted octanol–water partition coefficient (Wildman–Crippen LogP) is 2.50. The lowest BCUT2D eigenvalue weighted by Crippen LogP contribution is -2.14. The van der Waals surface area contributed by atoms with Crippen LogP contribution in [0.2, 0.25) is 0 Å². The monoisotopic (exact) mass is 326 g/mol. The fraction of sp³-hybridized carbons (Fsp3) is 0.357. The summed E-state index contributed by atoms with van der Waals surface area (Å²) < 4.78 is 42.8. The third-order valence-corrected chi connectivity index (χ3v) is 4.58. The molecule has 8 heteroatoms. The molecule has 0 saturated heterocycles. The van der Waals surface area contributed by atoms with E-state index < -0.39 is 10.0 Å². The van der Waals surface area contributed by atoms with Crippen molar-refractivity contribution in [3.63, 3.8) is 0 Å². The second kappa shape index (κ2) is 6.27. The molecule has 1 N–H and O–H groups in total. The molecule has 120 valence electrons. The van der Waals surface area contributed by atoms with Crippen LogP contribution in [0, 0.1) is 13.8 Å². The van der Waals surface area contributed by atoms with E-state index in [1.807, 2.05) is 6.92 Å². The second-order valence-corrected chi connectivity index (χ2v) is 6.18. The van der Waals surface area contributed by atoms with Crippen LogP contribution >= 0.6 is 0 Å². The Balaban J connectivity index is 2.34. The van der Waals surface area contributed by atoms with E-state index in [1.54, 1.807) is 32.0 Å². The zero-order valence-corrected chi connectivity index (χ0v) is 13.7. The average molecular weight is 326 g/mol. The summed E-state index contributed by atoms with van der Waals surface area (Å²) in [7, 11) is -2.29. The van der Waals surface area contributed by atoms with Gasteiger partial charge in [0.1, 0.15) is 5.69 Å². The van der Waals surface area contributed by atoms with E-state index in [1.165, 1.54) is 7.11 Å². The number of aryl methyl sites for hydroxylation is 2. The van der Waals surface area contributed by atoms with Crippen molar-refractivity contribution in [3.05, 3.63) is 29.7 Å². The van der Waals surface area contributed by atoms with Crippen molar-refractivity contribution in [3.8, 4) is 11.5 Å². The topological polar surface area (TPSA) is 90.7 Å². The minimum Gasteiger partial charge on any atom is -0.493 e. The summed E-state index contributed by atoms with van der Waals surface area (Å²) in [4.78, 5) is 0.0420. The molecule has 2 aromatic rings. The number of ether oxygens (including phenoxy) is 2. The maximum Gasteiger partial charge on any atom is 0.267 e. The average Bonchev–Trinajstić information content (AvgIpc) is 2.80. The van der Waals surface area contributed by atoms with Crippen LogP contribution in [0.1, 0.15) is 18.4 Å². The number of hydrogen-bond donors (Lipinski definition) is 1. The molecule has 1 heterocycles. The lowest BCUT2D eigenvalue weighted by Gasteiger charge is -2.12. The van der Waals surface area contributed by atoms with Crippen molar-refractivity contribution < 1.29 is 22.4 Å². The number of rotatable bonds is 6. The highest BCUT2D eigenvalue weighted by atomic mass is 32.2. The largest absolute Gasteiger partial charge is 0.493 e. The van der Waals surface area contributed by atoms with Crippen molar-refractivity contribution in [1.29, 1.82) is 0 Å². The van der Waals surface area contributed by atoms with Gasteiger partial charge in [-0.05, 0) is 32.9 Å². The Hall–Kier alpha value is -2.22. The van der Waals surface area contributed by atoms with Gasteiger partial charge in [0.25, 0.3) is 10.0 Å². The van der Waals surface area contributed by atoms with Gasteiger partial charge in [-0.1, -0.05) is 5.16 Å². The Labute approximate surface area is 129 Å². The minimum absolute atomic E-state index is 0.0420. The lowest BCUT2D eigenvalue weighted by molar-refractivity contribution is 0.311. The predicted molar refractivity (Wildman–Crippen MR) is 80.9 cm³/mol. The molecule has 0 radical (unpaired) electrons. The number of sulfonamides is 1. The van der Waals surface area contributed by atoms with Crippen molar-refractivity contribution >= 4 is 15.7 Å². The van der Waals surface area contributed by atoms with E-state index >= 15 is 0 Å². The highest BCUT2D eigenvalue weighted by molar-refractivity contribution is 7.92. The van der Waals surface area contributed by atoms with Crippen LogP contribution in [0.15, 0.2) is 27.6 Å². The molecule has 22 heavy (non-hydrogen) atoms. The molecule has 0 atom stereocenters. The molecule has 0 amide bonds. The zero-order valence-electron chi connectivity index (χ0n) is 12.8. The summed E-state index contributed by atoms with van der Waals surface area (Å²) in [6.07, 6.45) is 0. The van der Waals surface area contributed by atoms with Gasteiger partial charge in [0.05, 0.1) is 19.4 Å². The van der Waals surface area contributed by atoms with Gasteiger partial charge < -0.3 is 14.0 Å². The summed E-state index contributed by atoms with van der Waals surface area (Å²) >= 11 is 0. The van der Waals surface area contributed by atoms with E-state index in [-0.39, 0.29) is 10.7 Å². The number of benzene rings is 1. The number of aromatic nitrogens is 1. The molecule has 0 aliphatic rings. The lowest BCUT2D eigenvalue weighted by atomic mass is 10.3. The molecule has 7 nitrogen and oxygen atoms in total. The third kappa shape index (κ3) is 3.16. The molecular formula is C14H18N2O5S. The third-order valence-electron chi connectivity index (χ3n) is 2.95. The number of hydrogen-bond acceptors (Lipinski definition) is 6. The number of nitrogens with zero attached hydrogens (tertiary/aromatic N) is 1. The van der Waals surface area contributed by atoms with Crippen LogP contribution in [0.25, 0.3) is 0 Å². The van der Waals surface area contributed by atoms with Crippen LogP contribution in [0.5, 0.6) is 11.5 Å². The van der Waals surface area contributed by atoms with E-state index in [2.05, 4.69) is 9.88 Å². The first-order valence-electron chi connectivity index (χ1n) is 6.65. The fourth-order valence-electron chi connectivity index (χ4n) is 2.07. The summed E-state index contributed by atoms with van der Waals surface area (Å²) in [6.45, 7) is 5.46. The van der Waals surface area contributed by atoms with Gasteiger partial charge in [0.2, 0.25) is 0 Å². The van der Waals surface area contributed by atoms with Crippen molar-refractivity contribution in [1.82, 2.24) is 5.16 Å². The van der Waals surface area contributed by atoms with Crippen molar-refractivity contribution in [2.45, 2.75) is 25.7 Å². The van der Waals surface area contributed by atoms with E-state index in [9.17, 15) is 8.42 Å². The van der Waals surface area contributed by atoms with Crippen LogP contribution in [0.3, 0.4) is 0 Å². The van der Waals surface area contributed by atoms with Gasteiger partial charge >= 0.3 is 0 Å². The highest BCUT2D eigenvalue weighted by Gasteiger charge is 2.24. The molecular weight excluding hydrogens is 308 g/mol. The first kappa shape index (κ1) is 16.2. The maximum absolute atomic E-state index is 12.4. The summed E-state index contributed by atoms with van der Waals surface area (Å²) in [5.41, 5.74) is 0.670. The summed E-state index contributed by atoms with van der Waals surface area (Å²) in [5.74, 6) is 1.23. The minimum atomic E-state index is -3.78. The molecule has 0 aliphatic heterocycles. The number of nitrogens with one attached hydrogen (secondary N) is 1. The SMILES string of the molecule is CCOc1ccc(NS(=O)(=O)c2c(C)noc2C)cc1OC. The molecule has 0 aliphatic carbocycles. The van der Waals surface area contributed by atoms with Crippen molar-refractivity contribution in [2.24, 2.45) is 0 Å². The van der Waals surface area contributed by atoms with E-state index in [0.717, 1.165) is 0 Å². The molecule has 0 saturated carbocycles. The Morgan fingerprint density at radius 3 is 2.55 bits per heavy atom. The highest BCUT2D eigenvalue weighted by Crippen LogP contribution is 2.31. The number of anilines is 1. The van der Waals surface area contributed by atoms with E-state index in [4.69, 9.17) is 14.0 Å². The zero-order chi connectivity index (χ0) is 16.3. The second-order valence-electron chi connectivity index (χ2n) is 4.56. The molecule has 0 fully saturated rings. The van der Waals surface area contributed by atoms with Crippen LogP contribution in [-0.4, -0.2) is 27.3 Å². The number of methoxy groups -OCH3 is 1. The molecule has 1 aromatic carbocycles. The summed E-state index contributed by atoms with van der Waals surface area (Å²) in [6, 6.07) is 4.80. The smallest absolute Gasteiger partial charge is 0.267 e. The van der Waals surface area contributed by atoms with E-state index in [0.29, 0.717) is 29.5 Å². The standard InChI is InChI=1S/C14H18N2O5S/c1-5-20-12-7-6-11(8-13(12)19-4)16-22(17,18)14-9(2)15-21-10(14)3/h6-8,16H,5H2,1-4H3. The van der Waals surface area contributed by atoms with Crippen LogP contribution in [0.4, 0.5) is 5.69 Å². The molecule has 0 bridgehead atoms. The Morgan fingerprint density at radius 1 is 1.27 bits per heavy atom. The normalized spacial score (nSPS) is 11.3. The van der Waals surface area contributed by atoms with Gasteiger partial charge in [-0.3, -0.25) is 4.72 Å². The first-order valence-corrected chi connectivity index (χ1v) is 8.14. The summed E-state index contributed by atoms with van der Waals surface area (Å²) in [5, 5.41) is 3.66. The molecule has 0 unspecified atom stereocenters. The van der Waals surface area contributed by atoms with Crippen LogP contribution < -0.4 is 14.2 Å². The Morgan fingerprint density at radius 2 is 2.00 bits per heavy atom. The van der Waals surface area contributed by atoms with Gasteiger partial charge in [-0.25, -0.2) is 8.42 Å². The van der Waals surface area contributed by atoms with Gasteiger partial charge in [-0.15, -0.1) is 0 Å². The molecule has 0 spiro atoms. The van der Waals surface area contributed by atoms with Crippen LogP contribution in [-0.2, 0) is 10.0 Å². The van der Waals surface area contributed by atoms with Gasteiger partial charge in [0, 0.05) is 6.07 Å². The van der Waals surface area contributed by atoms with Crippen molar-refractivity contribution in [2.75, 3.05) is 18.4 Å². The Kier molecular flexibility index (Phi) is 4.60.